The van der Waals surface area contributed by atoms with Gasteiger partial charge in [-0.2, -0.15) is 0 Å². The summed E-state index contributed by atoms with van der Waals surface area (Å²) in [5.41, 5.74) is 2.23. The molecule has 0 fully saturated rings. The lowest BCUT2D eigenvalue weighted by molar-refractivity contribution is 0.414. The molecule has 21 heavy (non-hydrogen) atoms. The van der Waals surface area contributed by atoms with Crippen molar-refractivity contribution in [3.8, 4) is 5.75 Å². The fraction of sp³-hybridized carbons (Fsp3) is 0.118. The standard InChI is InChI=1S/C17H15BrN2O/c1-21-14-5-6-16(18)13(9-14)10-20-17-4-2-3-12-7-8-19-11-15(12)17/h2-9,11,20H,10H2,1H3. The second-order valence-corrected chi connectivity index (χ2v) is 5.57. The van der Waals surface area contributed by atoms with E-state index in [2.05, 4.69) is 38.4 Å². The van der Waals surface area contributed by atoms with E-state index in [1.165, 1.54) is 5.39 Å². The van der Waals surface area contributed by atoms with Crippen molar-refractivity contribution >= 4 is 32.4 Å². The quantitative estimate of drug-likeness (QED) is 0.751. The molecule has 3 aromatic rings. The van der Waals surface area contributed by atoms with Gasteiger partial charge in [-0.1, -0.05) is 28.1 Å². The highest BCUT2D eigenvalue weighted by Crippen LogP contribution is 2.26. The Morgan fingerprint density at radius 3 is 2.95 bits per heavy atom. The first-order valence-corrected chi connectivity index (χ1v) is 7.46. The van der Waals surface area contributed by atoms with Gasteiger partial charge < -0.3 is 10.1 Å². The van der Waals surface area contributed by atoms with Crippen LogP contribution in [0.5, 0.6) is 5.75 Å². The Morgan fingerprint density at radius 2 is 2.10 bits per heavy atom. The molecule has 0 unspecified atom stereocenters. The molecular formula is C17H15BrN2O. The molecule has 106 valence electrons. The molecular weight excluding hydrogens is 328 g/mol. The van der Waals surface area contributed by atoms with Gasteiger partial charge in [0.05, 0.1) is 7.11 Å². The van der Waals surface area contributed by atoms with Crippen LogP contribution >= 0.6 is 15.9 Å². The number of rotatable bonds is 4. The number of hydrogen-bond acceptors (Lipinski definition) is 3. The number of nitrogens with zero attached hydrogens (tertiary/aromatic N) is 1. The van der Waals surface area contributed by atoms with Crippen LogP contribution in [0.3, 0.4) is 0 Å². The number of nitrogens with one attached hydrogen (secondary N) is 1. The highest BCUT2D eigenvalue weighted by atomic mass is 79.9. The van der Waals surface area contributed by atoms with Gasteiger partial charge in [-0.15, -0.1) is 0 Å². The third-order valence-electron chi connectivity index (χ3n) is 3.41. The van der Waals surface area contributed by atoms with E-state index < -0.39 is 0 Å². The van der Waals surface area contributed by atoms with Gasteiger partial charge in [-0.25, -0.2) is 0 Å². The summed E-state index contributed by atoms with van der Waals surface area (Å²) in [5, 5.41) is 5.77. The Balaban J connectivity index is 1.87. The van der Waals surface area contributed by atoms with Gasteiger partial charge in [0.25, 0.3) is 0 Å². The van der Waals surface area contributed by atoms with Crippen molar-refractivity contribution in [1.29, 1.82) is 0 Å². The van der Waals surface area contributed by atoms with Crippen LogP contribution in [-0.2, 0) is 6.54 Å². The van der Waals surface area contributed by atoms with E-state index in [4.69, 9.17) is 4.74 Å². The molecule has 0 atom stereocenters. The molecule has 2 aromatic carbocycles. The fourth-order valence-corrected chi connectivity index (χ4v) is 2.66. The topological polar surface area (TPSA) is 34.1 Å². The molecule has 0 spiro atoms. The minimum atomic E-state index is 0.714. The molecule has 0 aliphatic rings. The minimum Gasteiger partial charge on any atom is -0.497 e. The smallest absolute Gasteiger partial charge is 0.119 e. The van der Waals surface area contributed by atoms with Gasteiger partial charge in [0.2, 0.25) is 0 Å². The molecule has 0 amide bonds. The summed E-state index contributed by atoms with van der Waals surface area (Å²) in [5.74, 6) is 0.856. The van der Waals surface area contributed by atoms with Gasteiger partial charge in [-0.05, 0) is 41.3 Å². The number of pyridine rings is 1. The lowest BCUT2D eigenvalue weighted by Crippen LogP contribution is -2.01. The highest BCUT2D eigenvalue weighted by molar-refractivity contribution is 9.10. The van der Waals surface area contributed by atoms with Gasteiger partial charge >= 0.3 is 0 Å². The maximum absolute atomic E-state index is 5.27. The van der Waals surface area contributed by atoms with Crippen molar-refractivity contribution in [3.05, 3.63) is 64.9 Å². The summed E-state index contributed by atoms with van der Waals surface area (Å²) in [6, 6.07) is 14.2. The Kier molecular flexibility index (Phi) is 4.06. The number of hydrogen-bond donors (Lipinski definition) is 1. The predicted molar refractivity (Wildman–Crippen MR) is 89.8 cm³/mol. The average molecular weight is 343 g/mol. The number of aromatic nitrogens is 1. The summed E-state index contributed by atoms with van der Waals surface area (Å²) in [6.45, 7) is 0.714. The van der Waals surface area contributed by atoms with Gasteiger partial charge in [0, 0.05) is 34.5 Å². The Hall–Kier alpha value is -2.07. The summed E-state index contributed by atoms with van der Waals surface area (Å²) < 4.78 is 6.34. The zero-order chi connectivity index (χ0) is 14.7. The summed E-state index contributed by atoms with van der Waals surface area (Å²) in [7, 11) is 1.68. The Labute approximate surface area is 132 Å². The maximum Gasteiger partial charge on any atom is 0.119 e. The zero-order valence-electron chi connectivity index (χ0n) is 11.6. The van der Waals surface area contributed by atoms with Crippen LogP contribution in [0.25, 0.3) is 10.8 Å². The number of methoxy groups -OCH3 is 1. The second kappa shape index (κ2) is 6.14. The van der Waals surface area contributed by atoms with E-state index in [0.29, 0.717) is 6.54 Å². The van der Waals surface area contributed by atoms with Crippen LogP contribution in [0.2, 0.25) is 0 Å². The van der Waals surface area contributed by atoms with Gasteiger partial charge in [-0.3, -0.25) is 4.98 Å². The molecule has 0 radical (unpaired) electrons. The van der Waals surface area contributed by atoms with Crippen molar-refractivity contribution in [2.45, 2.75) is 6.54 Å². The van der Waals surface area contributed by atoms with Crippen LogP contribution in [0, 0.1) is 0 Å². The van der Waals surface area contributed by atoms with Crippen LogP contribution in [0.4, 0.5) is 5.69 Å². The molecule has 3 nitrogen and oxygen atoms in total. The third kappa shape index (κ3) is 3.00. The molecule has 1 N–H and O–H groups in total. The molecule has 0 aliphatic heterocycles. The normalized spacial score (nSPS) is 10.6. The second-order valence-electron chi connectivity index (χ2n) is 4.71. The number of halogens is 1. The first-order valence-electron chi connectivity index (χ1n) is 6.67. The average Bonchev–Trinajstić information content (AvgIpc) is 2.54. The first kappa shape index (κ1) is 13.9. The molecule has 3 rings (SSSR count). The SMILES string of the molecule is COc1ccc(Br)c(CNc2cccc3ccncc23)c1. The lowest BCUT2D eigenvalue weighted by atomic mass is 10.1. The van der Waals surface area contributed by atoms with Crippen molar-refractivity contribution < 1.29 is 4.74 Å². The van der Waals surface area contributed by atoms with Crippen molar-refractivity contribution in [2.75, 3.05) is 12.4 Å². The minimum absolute atomic E-state index is 0.714. The fourth-order valence-electron chi connectivity index (χ4n) is 2.27. The number of benzene rings is 2. The summed E-state index contributed by atoms with van der Waals surface area (Å²) in [4.78, 5) is 4.20. The molecule has 0 bridgehead atoms. The van der Waals surface area contributed by atoms with E-state index in [0.717, 1.165) is 26.9 Å². The number of fused-ring (bicyclic) bond motifs is 1. The predicted octanol–water partition coefficient (Wildman–Crippen LogP) is 4.62. The summed E-state index contributed by atoms with van der Waals surface area (Å²) in [6.07, 6.45) is 3.70. The number of anilines is 1. The van der Waals surface area contributed by atoms with Gasteiger partial charge in [0.15, 0.2) is 0 Å². The Morgan fingerprint density at radius 1 is 1.19 bits per heavy atom. The monoisotopic (exact) mass is 342 g/mol. The van der Waals surface area contributed by atoms with Crippen molar-refractivity contribution in [1.82, 2.24) is 4.98 Å². The highest BCUT2D eigenvalue weighted by Gasteiger charge is 2.04. The zero-order valence-corrected chi connectivity index (χ0v) is 13.2. The van der Waals surface area contributed by atoms with Crippen molar-refractivity contribution in [2.24, 2.45) is 0 Å². The van der Waals surface area contributed by atoms with Crippen LogP contribution < -0.4 is 10.1 Å². The van der Waals surface area contributed by atoms with E-state index in [9.17, 15) is 0 Å². The third-order valence-corrected chi connectivity index (χ3v) is 4.18. The van der Waals surface area contributed by atoms with Crippen LogP contribution in [0.1, 0.15) is 5.56 Å². The van der Waals surface area contributed by atoms with E-state index in [-0.39, 0.29) is 0 Å². The van der Waals surface area contributed by atoms with Crippen LogP contribution in [-0.4, -0.2) is 12.1 Å². The number of ether oxygens (including phenoxy) is 1. The van der Waals surface area contributed by atoms with E-state index in [1.807, 2.05) is 42.7 Å². The lowest BCUT2D eigenvalue weighted by Gasteiger charge is -2.12. The first-order chi connectivity index (χ1) is 10.3. The Bertz CT molecular complexity index is 768. The van der Waals surface area contributed by atoms with E-state index in [1.54, 1.807) is 7.11 Å². The molecule has 1 aromatic heterocycles. The van der Waals surface area contributed by atoms with Gasteiger partial charge in [0.1, 0.15) is 5.75 Å². The van der Waals surface area contributed by atoms with E-state index >= 15 is 0 Å². The largest absolute Gasteiger partial charge is 0.497 e. The van der Waals surface area contributed by atoms with Crippen LogP contribution in [0.15, 0.2) is 59.3 Å². The molecule has 0 saturated carbocycles. The maximum atomic E-state index is 5.27. The summed E-state index contributed by atoms with van der Waals surface area (Å²) >= 11 is 3.58. The molecule has 0 saturated heterocycles. The molecule has 1 heterocycles. The molecule has 0 aliphatic carbocycles. The molecule has 4 heteroatoms. The van der Waals surface area contributed by atoms with Crippen molar-refractivity contribution in [3.63, 3.8) is 0 Å².